The lowest BCUT2D eigenvalue weighted by Gasteiger charge is -2.14. The Kier molecular flexibility index (Phi) is 2.95. The van der Waals surface area contributed by atoms with Gasteiger partial charge in [-0.25, -0.2) is 4.98 Å². The standard InChI is InChI=1S/C11H15N5O/c1-7(2)17-10-9(8-4-14-15-5-8)13-6-16(3)11(10)12/h4-7,12H,1-3H3,(H,14,15). The van der Waals surface area contributed by atoms with E-state index >= 15 is 0 Å². The maximum Gasteiger partial charge on any atom is 0.188 e. The number of aromatic nitrogens is 4. The van der Waals surface area contributed by atoms with Crippen LogP contribution in [0.3, 0.4) is 0 Å². The van der Waals surface area contributed by atoms with Crippen LogP contribution in [0.5, 0.6) is 5.75 Å². The molecule has 0 aliphatic heterocycles. The van der Waals surface area contributed by atoms with Crippen LogP contribution in [0.4, 0.5) is 0 Å². The molecule has 6 heteroatoms. The first-order chi connectivity index (χ1) is 8.09. The minimum absolute atomic E-state index is 0.00560. The van der Waals surface area contributed by atoms with Gasteiger partial charge in [0.1, 0.15) is 5.69 Å². The van der Waals surface area contributed by atoms with Crippen LogP contribution in [0.2, 0.25) is 0 Å². The number of ether oxygens (including phenoxy) is 1. The first-order valence-electron chi connectivity index (χ1n) is 5.35. The number of hydrogen-bond donors (Lipinski definition) is 2. The predicted octanol–water partition coefficient (Wildman–Crippen LogP) is 1.08. The topological polar surface area (TPSA) is 79.6 Å². The summed E-state index contributed by atoms with van der Waals surface area (Å²) < 4.78 is 7.28. The average molecular weight is 233 g/mol. The van der Waals surface area contributed by atoms with Gasteiger partial charge >= 0.3 is 0 Å². The number of hydrogen-bond acceptors (Lipinski definition) is 4. The summed E-state index contributed by atoms with van der Waals surface area (Å²) in [6, 6.07) is 0. The summed E-state index contributed by atoms with van der Waals surface area (Å²) in [6.07, 6.45) is 4.98. The van der Waals surface area contributed by atoms with Crippen molar-refractivity contribution >= 4 is 0 Å². The van der Waals surface area contributed by atoms with Crippen LogP contribution in [-0.4, -0.2) is 25.9 Å². The van der Waals surface area contributed by atoms with E-state index in [1.165, 1.54) is 0 Å². The van der Waals surface area contributed by atoms with Gasteiger partial charge in [0.15, 0.2) is 11.2 Å². The van der Waals surface area contributed by atoms with E-state index in [4.69, 9.17) is 10.1 Å². The summed E-state index contributed by atoms with van der Waals surface area (Å²) in [7, 11) is 1.77. The lowest BCUT2D eigenvalue weighted by atomic mass is 10.2. The lowest BCUT2D eigenvalue weighted by Crippen LogP contribution is -2.23. The van der Waals surface area contributed by atoms with E-state index in [2.05, 4.69) is 15.2 Å². The van der Waals surface area contributed by atoms with Gasteiger partial charge in [-0.2, -0.15) is 5.10 Å². The van der Waals surface area contributed by atoms with E-state index < -0.39 is 0 Å². The average Bonchev–Trinajstić information content (AvgIpc) is 2.78. The van der Waals surface area contributed by atoms with Crippen LogP contribution in [-0.2, 0) is 7.05 Å². The zero-order valence-electron chi connectivity index (χ0n) is 10.1. The first kappa shape index (κ1) is 11.4. The first-order valence-corrected chi connectivity index (χ1v) is 5.35. The second kappa shape index (κ2) is 4.40. The minimum atomic E-state index is -0.00560. The maximum absolute atomic E-state index is 8.00. The molecule has 0 atom stereocenters. The highest BCUT2D eigenvalue weighted by Gasteiger charge is 2.13. The molecule has 0 radical (unpaired) electrons. The SMILES string of the molecule is CC(C)Oc1c(-c2cn[nH]c2)ncn(C)c1=N. The molecular formula is C11H15N5O. The van der Waals surface area contributed by atoms with Crippen molar-refractivity contribution in [3.63, 3.8) is 0 Å². The highest BCUT2D eigenvalue weighted by atomic mass is 16.5. The van der Waals surface area contributed by atoms with Crippen molar-refractivity contribution in [3.8, 4) is 17.0 Å². The molecule has 90 valence electrons. The Morgan fingerprint density at radius 2 is 2.24 bits per heavy atom. The lowest BCUT2D eigenvalue weighted by molar-refractivity contribution is 0.236. The monoisotopic (exact) mass is 233 g/mol. The van der Waals surface area contributed by atoms with Crippen molar-refractivity contribution in [2.24, 2.45) is 7.05 Å². The molecule has 0 bridgehead atoms. The molecule has 2 N–H and O–H groups in total. The second-order valence-corrected chi connectivity index (χ2v) is 4.04. The maximum atomic E-state index is 8.00. The van der Waals surface area contributed by atoms with Gasteiger partial charge in [-0.3, -0.25) is 10.5 Å². The fourth-order valence-corrected chi connectivity index (χ4v) is 1.47. The third-order valence-electron chi connectivity index (χ3n) is 2.27. The normalized spacial score (nSPS) is 10.8. The molecule has 2 rings (SSSR count). The molecular weight excluding hydrogens is 218 g/mol. The minimum Gasteiger partial charge on any atom is -0.485 e. The molecule has 0 aromatic carbocycles. The Bertz CT molecular complexity index is 556. The van der Waals surface area contributed by atoms with Crippen molar-refractivity contribution in [1.29, 1.82) is 5.41 Å². The van der Waals surface area contributed by atoms with Crippen LogP contribution in [0.15, 0.2) is 18.7 Å². The van der Waals surface area contributed by atoms with Crippen LogP contribution in [0.1, 0.15) is 13.8 Å². The van der Waals surface area contributed by atoms with Crippen LogP contribution in [0, 0.1) is 5.41 Å². The molecule has 0 fully saturated rings. The molecule has 2 heterocycles. The third kappa shape index (κ3) is 2.20. The summed E-state index contributed by atoms with van der Waals surface area (Å²) >= 11 is 0. The third-order valence-corrected chi connectivity index (χ3v) is 2.27. The number of aryl methyl sites for hydroxylation is 1. The smallest absolute Gasteiger partial charge is 0.188 e. The number of nitrogens with zero attached hydrogens (tertiary/aromatic N) is 3. The van der Waals surface area contributed by atoms with Crippen molar-refractivity contribution in [2.75, 3.05) is 0 Å². The fraction of sp³-hybridized carbons (Fsp3) is 0.364. The molecule has 0 unspecified atom stereocenters. The highest BCUT2D eigenvalue weighted by Crippen LogP contribution is 2.23. The Labute approximate surface area is 98.8 Å². The van der Waals surface area contributed by atoms with Crippen LogP contribution in [0.25, 0.3) is 11.3 Å². The highest BCUT2D eigenvalue weighted by molar-refractivity contribution is 5.63. The number of aromatic amines is 1. The van der Waals surface area contributed by atoms with Crippen LogP contribution >= 0.6 is 0 Å². The summed E-state index contributed by atoms with van der Waals surface area (Å²) in [4.78, 5) is 4.29. The van der Waals surface area contributed by atoms with Gasteiger partial charge in [-0.05, 0) is 13.8 Å². The van der Waals surface area contributed by atoms with E-state index in [-0.39, 0.29) is 6.10 Å². The van der Waals surface area contributed by atoms with Gasteiger partial charge < -0.3 is 9.30 Å². The molecule has 0 saturated heterocycles. The summed E-state index contributed by atoms with van der Waals surface area (Å²) in [5.41, 5.74) is 1.75. The predicted molar refractivity (Wildman–Crippen MR) is 62.4 cm³/mol. The van der Waals surface area contributed by atoms with Gasteiger partial charge in [0.2, 0.25) is 0 Å². The van der Waals surface area contributed by atoms with E-state index in [1.54, 1.807) is 30.3 Å². The number of nitrogens with one attached hydrogen (secondary N) is 2. The quantitative estimate of drug-likeness (QED) is 0.832. The molecule has 0 amide bonds. The van der Waals surface area contributed by atoms with Crippen molar-refractivity contribution in [1.82, 2.24) is 19.7 Å². The molecule has 0 aliphatic carbocycles. The molecule has 6 nitrogen and oxygen atoms in total. The van der Waals surface area contributed by atoms with Gasteiger partial charge in [-0.15, -0.1) is 0 Å². The number of H-pyrrole nitrogens is 1. The summed E-state index contributed by atoms with van der Waals surface area (Å²) in [5, 5.41) is 14.6. The Hall–Kier alpha value is -2.11. The van der Waals surface area contributed by atoms with Gasteiger partial charge in [0.05, 0.1) is 18.6 Å². The zero-order chi connectivity index (χ0) is 12.4. The fourth-order valence-electron chi connectivity index (χ4n) is 1.47. The summed E-state index contributed by atoms with van der Waals surface area (Å²) in [5.74, 6) is 0.478. The second-order valence-electron chi connectivity index (χ2n) is 4.04. The molecule has 0 spiro atoms. The van der Waals surface area contributed by atoms with Gasteiger partial charge in [-0.1, -0.05) is 0 Å². The van der Waals surface area contributed by atoms with E-state index in [0.717, 1.165) is 5.56 Å². The van der Waals surface area contributed by atoms with Gasteiger partial charge in [0.25, 0.3) is 0 Å². The Morgan fingerprint density at radius 1 is 1.47 bits per heavy atom. The van der Waals surface area contributed by atoms with E-state index in [1.807, 2.05) is 13.8 Å². The van der Waals surface area contributed by atoms with Crippen molar-refractivity contribution in [3.05, 3.63) is 24.2 Å². The van der Waals surface area contributed by atoms with E-state index in [9.17, 15) is 0 Å². The molecule has 2 aromatic rings. The largest absolute Gasteiger partial charge is 0.485 e. The molecule has 0 saturated carbocycles. The van der Waals surface area contributed by atoms with Crippen molar-refractivity contribution in [2.45, 2.75) is 20.0 Å². The molecule has 2 aromatic heterocycles. The van der Waals surface area contributed by atoms with Gasteiger partial charge in [0, 0.05) is 18.8 Å². The zero-order valence-corrected chi connectivity index (χ0v) is 10.1. The van der Waals surface area contributed by atoms with Crippen molar-refractivity contribution < 1.29 is 4.74 Å². The summed E-state index contributed by atoms with van der Waals surface area (Å²) in [6.45, 7) is 3.84. The molecule has 17 heavy (non-hydrogen) atoms. The number of rotatable bonds is 3. The Balaban J connectivity index is 2.59. The molecule has 0 aliphatic rings. The Morgan fingerprint density at radius 3 is 2.82 bits per heavy atom. The van der Waals surface area contributed by atoms with E-state index in [0.29, 0.717) is 16.9 Å². The van der Waals surface area contributed by atoms with Crippen LogP contribution < -0.4 is 10.2 Å².